The third-order valence-corrected chi connectivity index (χ3v) is 5.32. The second-order valence-corrected chi connectivity index (χ2v) is 6.35. The van der Waals surface area contributed by atoms with Crippen LogP contribution in [-0.2, 0) is 4.79 Å². The van der Waals surface area contributed by atoms with Crippen LogP contribution in [0.25, 0.3) is 0 Å². The SMILES string of the molecule is CN(C)/C=C1/SCC2SCCC2C1=O. The van der Waals surface area contributed by atoms with Crippen molar-refractivity contribution in [1.82, 2.24) is 4.90 Å². The molecule has 4 heteroatoms. The molecule has 0 aromatic rings. The summed E-state index contributed by atoms with van der Waals surface area (Å²) in [5.41, 5.74) is 0. The van der Waals surface area contributed by atoms with E-state index in [9.17, 15) is 4.79 Å². The first-order valence-corrected chi connectivity index (χ1v) is 6.89. The molecule has 0 spiro atoms. The van der Waals surface area contributed by atoms with Crippen molar-refractivity contribution < 1.29 is 4.79 Å². The van der Waals surface area contributed by atoms with Gasteiger partial charge in [0, 0.05) is 37.2 Å². The molecule has 2 atom stereocenters. The minimum absolute atomic E-state index is 0.312. The number of fused-ring (bicyclic) bond motifs is 1. The van der Waals surface area contributed by atoms with E-state index < -0.39 is 0 Å². The molecule has 2 unspecified atom stereocenters. The van der Waals surface area contributed by atoms with Gasteiger partial charge in [-0.05, 0) is 12.2 Å². The second kappa shape index (κ2) is 4.19. The zero-order valence-corrected chi connectivity index (χ0v) is 10.2. The fraction of sp³-hybridized carbons (Fsp3) is 0.700. The van der Waals surface area contributed by atoms with Crippen LogP contribution in [0.15, 0.2) is 11.1 Å². The average molecular weight is 229 g/mol. The van der Waals surface area contributed by atoms with Gasteiger partial charge in [0.2, 0.25) is 0 Å². The quantitative estimate of drug-likeness (QED) is 0.639. The standard InChI is InChI=1S/C10H15NOS2/c1-11(2)5-8-10(12)7-3-4-13-9(7)6-14-8/h5,7,9H,3-4,6H2,1-2H3/b8-5+. The van der Waals surface area contributed by atoms with Crippen LogP contribution in [0.1, 0.15) is 6.42 Å². The van der Waals surface area contributed by atoms with E-state index in [1.54, 1.807) is 11.8 Å². The van der Waals surface area contributed by atoms with Crippen molar-refractivity contribution in [3.63, 3.8) is 0 Å². The van der Waals surface area contributed by atoms with Crippen LogP contribution in [0.2, 0.25) is 0 Å². The highest BCUT2D eigenvalue weighted by atomic mass is 32.2. The summed E-state index contributed by atoms with van der Waals surface area (Å²) in [4.78, 5) is 14.9. The van der Waals surface area contributed by atoms with E-state index in [4.69, 9.17) is 0 Å². The summed E-state index contributed by atoms with van der Waals surface area (Å²) in [6, 6.07) is 0. The average Bonchev–Trinajstić information content (AvgIpc) is 2.57. The number of hydrogen-bond acceptors (Lipinski definition) is 4. The molecule has 2 heterocycles. The molecule has 0 saturated carbocycles. The van der Waals surface area contributed by atoms with Gasteiger partial charge in [0.15, 0.2) is 5.78 Å². The lowest BCUT2D eigenvalue weighted by atomic mass is 9.97. The molecule has 2 rings (SSSR count). The Hall–Kier alpha value is -0.0900. The van der Waals surface area contributed by atoms with E-state index in [-0.39, 0.29) is 0 Å². The Balaban J connectivity index is 2.13. The maximum absolute atomic E-state index is 12.0. The van der Waals surface area contributed by atoms with Crippen molar-refractivity contribution in [1.29, 1.82) is 0 Å². The van der Waals surface area contributed by atoms with Crippen LogP contribution in [-0.4, -0.2) is 41.5 Å². The molecule has 78 valence electrons. The molecule has 0 aromatic heterocycles. The third-order valence-electron chi connectivity index (χ3n) is 2.57. The predicted octanol–water partition coefficient (Wildman–Crippen LogP) is 1.83. The zero-order chi connectivity index (χ0) is 10.1. The summed E-state index contributed by atoms with van der Waals surface area (Å²) in [6.07, 6.45) is 3.05. The maximum Gasteiger partial charge on any atom is 0.174 e. The summed E-state index contributed by atoms with van der Waals surface area (Å²) in [5, 5.41) is 0.590. The van der Waals surface area contributed by atoms with Crippen molar-refractivity contribution >= 4 is 29.3 Å². The van der Waals surface area contributed by atoms with Crippen molar-refractivity contribution in [3.05, 3.63) is 11.1 Å². The molecule has 2 nitrogen and oxygen atoms in total. The Kier molecular flexibility index (Phi) is 3.12. The number of carbonyl (C=O) groups is 1. The van der Waals surface area contributed by atoms with Gasteiger partial charge in [0.05, 0.1) is 4.91 Å². The Labute approximate surface area is 93.5 Å². The number of thioether (sulfide) groups is 2. The molecule has 0 N–H and O–H groups in total. The van der Waals surface area contributed by atoms with E-state index in [0.717, 1.165) is 22.8 Å². The Morgan fingerprint density at radius 2 is 2.29 bits per heavy atom. The van der Waals surface area contributed by atoms with Gasteiger partial charge < -0.3 is 4.90 Å². The predicted molar refractivity (Wildman–Crippen MR) is 63.6 cm³/mol. The highest BCUT2D eigenvalue weighted by Crippen LogP contribution is 2.43. The van der Waals surface area contributed by atoms with E-state index in [1.165, 1.54) is 0 Å². The number of ketones is 1. The molecule has 0 radical (unpaired) electrons. The van der Waals surface area contributed by atoms with Crippen LogP contribution >= 0.6 is 23.5 Å². The molecule has 2 saturated heterocycles. The lowest BCUT2D eigenvalue weighted by Gasteiger charge is -2.25. The first kappa shape index (κ1) is 10.4. The molecular weight excluding hydrogens is 214 g/mol. The summed E-state index contributed by atoms with van der Waals surface area (Å²) in [6.45, 7) is 0. The van der Waals surface area contributed by atoms with Crippen molar-refractivity contribution in [2.75, 3.05) is 25.6 Å². The highest BCUT2D eigenvalue weighted by molar-refractivity contribution is 8.06. The lowest BCUT2D eigenvalue weighted by Crippen LogP contribution is -2.29. The normalized spacial score (nSPS) is 34.7. The number of carbonyl (C=O) groups excluding carboxylic acids is 1. The fourth-order valence-corrected chi connectivity index (χ4v) is 4.80. The van der Waals surface area contributed by atoms with Gasteiger partial charge in [-0.15, -0.1) is 11.8 Å². The van der Waals surface area contributed by atoms with Crippen LogP contribution in [0.5, 0.6) is 0 Å². The van der Waals surface area contributed by atoms with E-state index in [0.29, 0.717) is 17.0 Å². The minimum atomic E-state index is 0.312. The van der Waals surface area contributed by atoms with Gasteiger partial charge in [0.1, 0.15) is 0 Å². The molecule has 2 fully saturated rings. The molecule has 0 aliphatic carbocycles. The minimum Gasteiger partial charge on any atom is -0.382 e. The largest absolute Gasteiger partial charge is 0.382 e. The Bertz CT molecular complexity index is 275. The number of nitrogens with zero attached hydrogens (tertiary/aromatic N) is 1. The summed E-state index contributed by atoms with van der Waals surface area (Å²) >= 11 is 3.69. The van der Waals surface area contributed by atoms with Gasteiger partial charge in [-0.25, -0.2) is 0 Å². The van der Waals surface area contributed by atoms with Crippen molar-refractivity contribution in [3.8, 4) is 0 Å². The zero-order valence-electron chi connectivity index (χ0n) is 8.53. The molecule has 0 aromatic carbocycles. The van der Waals surface area contributed by atoms with Crippen LogP contribution < -0.4 is 0 Å². The number of hydrogen-bond donors (Lipinski definition) is 0. The van der Waals surface area contributed by atoms with Gasteiger partial charge in [-0.2, -0.15) is 11.8 Å². The highest BCUT2D eigenvalue weighted by Gasteiger charge is 2.39. The maximum atomic E-state index is 12.0. The molecule has 0 bridgehead atoms. The van der Waals surface area contributed by atoms with Gasteiger partial charge in [-0.1, -0.05) is 0 Å². The molecule has 0 amide bonds. The Morgan fingerprint density at radius 1 is 1.50 bits per heavy atom. The second-order valence-electron chi connectivity index (χ2n) is 3.94. The summed E-state index contributed by atoms with van der Waals surface area (Å²) in [7, 11) is 3.94. The number of Topliss-reactive ketones (excluding diaryl/α,β-unsaturated/α-hetero) is 1. The first-order valence-electron chi connectivity index (χ1n) is 4.85. The van der Waals surface area contributed by atoms with E-state index in [2.05, 4.69) is 0 Å². The monoisotopic (exact) mass is 229 g/mol. The molecular formula is C10H15NOS2. The van der Waals surface area contributed by atoms with Crippen LogP contribution in [0.4, 0.5) is 0 Å². The van der Waals surface area contributed by atoms with Crippen molar-refractivity contribution in [2.24, 2.45) is 5.92 Å². The number of allylic oxidation sites excluding steroid dienone is 1. The van der Waals surface area contributed by atoms with Crippen molar-refractivity contribution in [2.45, 2.75) is 11.7 Å². The number of rotatable bonds is 1. The van der Waals surface area contributed by atoms with Gasteiger partial charge >= 0.3 is 0 Å². The van der Waals surface area contributed by atoms with Gasteiger partial charge in [0.25, 0.3) is 0 Å². The topological polar surface area (TPSA) is 20.3 Å². The first-order chi connectivity index (χ1) is 6.68. The Morgan fingerprint density at radius 3 is 3.00 bits per heavy atom. The molecule has 14 heavy (non-hydrogen) atoms. The molecule has 2 aliphatic heterocycles. The van der Waals surface area contributed by atoms with Gasteiger partial charge in [-0.3, -0.25) is 4.79 Å². The fourth-order valence-electron chi connectivity index (χ4n) is 1.87. The third kappa shape index (κ3) is 1.96. The van der Waals surface area contributed by atoms with E-state index >= 15 is 0 Å². The van der Waals surface area contributed by atoms with Crippen LogP contribution in [0.3, 0.4) is 0 Å². The lowest BCUT2D eigenvalue weighted by molar-refractivity contribution is -0.118. The van der Waals surface area contributed by atoms with E-state index in [1.807, 2.05) is 37.0 Å². The summed E-state index contributed by atoms with van der Waals surface area (Å²) in [5.74, 6) is 2.97. The summed E-state index contributed by atoms with van der Waals surface area (Å²) < 4.78 is 0. The smallest absolute Gasteiger partial charge is 0.174 e. The molecule has 2 aliphatic rings. The van der Waals surface area contributed by atoms with Crippen LogP contribution in [0, 0.1) is 5.92 Å².